The van der Waals surface area contributed by atoms with Crippen LogP contribution < -0.4 is 5.32 Å². The molecule has 5 nitrogen and oxygen atoms in total. The molecule has 0 atom stereocenters. The molecule has 1 fully saturated rings. The maximum atomic E-state index is 13.2. The lowest BCUT2D eigenvalue weighted by Gasteiger charge is -2.14. The molecular weight excluding hydrogens is 307 g/mol. The van der Waals surface area contributed by atoms with Crippen molar-refractivity contribution >= 4 is 11.7 Å². The number of carbonyl (C=O) groups is 1. The van der Waals surface area contributed by atoms with Gasteiger partial charge in [0.2, 0.25) is 11.9 Å². The molecule has 1 N–H and O–H groups in total. The van der Waals surface area contributed by atoms with E-state index in [2.05, 4.69) is 15.4 Å². The summed E-state index contributed by atoms with van der Waals surface area (Å²) in [5, 5.41) is 7.15. The molecule has 2 heterocycles. The van der Waals surface area contributed by atoms with Crippen molar-refractivity contribution in [2.75, 3.05) is 5.32 Å². The van der Waals surface area contributed by atoms with Crippen molar-refractivity contribution in [2.45, 2.75) is 18.3 Å². The van der Waals surface area contributed by atoms with Crippen LogP contribution in [0.4, 0.5) is 10.2 Å². The van der Waals surface area contributed by atoms with Gasteiger partial charge in [0, 0.05) is 24.5 Å². The summed E-state index contributed by atoms with van der Waals surface area (Å²) >= 11 is 0. The van der Waals surface area contributed by atoms with Crippen LogP contribution in [0.1, 0.15) is 18.4 Å². The summed E-state index contributed by atoms with van der Waals surface area (Å²) in [6, 6.07) is 14.4. The molecule has 2 aromatic heterocycles. The van der Waals surface area contributed by atoms with Crippen LogP contribution in [0.5, 0.6) is 0 Å². The van der Waals surface area contributed by atoms with Gasteiger partial charge in [0.05, 0.1) is 11.1 Å². The number of nitrogens with zero attached hydrogens (tertiary/aromatic N) is 3. The second-order valence-corrected chi connectivity index (χ2v) is 5.88. The summed E-state index contributed by atoms with van der Waals surface area (Å²) in [5.41, 5.74) is 1.12. The van der Waals surface area contributed by atoms with E-state index in [0.717, 1.165) is 18.4 Å². The number of hydrogen-bond acceptors (Lipinski definition) is 3. The van der Waals surface area contributed by atoms with Crippen molar-refractivity contribution in [3.8, 4) is 5.69 Å². The molecule has 0 spiro atoms. The number of benzene rings is 1. The predicted octanol–water partition coefficient (Wildman–Crippen LogP) is 3.08. The third-order valence-electron chi connectivity index (χ3n) is 4.32. The molecule has 120 valence electrons. The summed E-state index contributed by atoms with van der Waals surface area (Å²) < 4.78 is 14.7. The number of halogens is 1. The fraction of sp³-hybridized carbons (Fsp3) is 0.167. The normalized spacial score (nSPS) is 15.0. The Morgan fingerprint density at radius 2 is 1.96 bits per heavy atom. The quantitative estimate of drug-likeness (QED) is 0.751. The minimum Gasteiger partial charge on any atom is -0.308 e. The molecule has 1 saturated carbocycles. The van der Waals surface area contributed by atoms with Crippen LogP contribution in [0.3, 0.4) is 0 Å². The smallest absolute Gasteiger partial charge is 0.236 e. The molecular formula is C18H15FN4O. The van der Waals surface area contributed by atoms with E-state index in [1.54, 1.807) is 18.3 Å². The molecule has 4 rings (SSSR count). The number of aromatic nitrogens is 3. The van der Waals surface area contributed by atoms with E-state index in [1.807, 2.05) is 30.3 Å². The lowest BCUT2D eigenvalue weighted by Crippen LogP contribution is -2.28. The minimum atomic E-state index is -0.574. The third-order valence-corrected chi connectivity index (χ3v) is 4.32. The minimum absolute atomic E-state index is 0.0557. The number of nitrogens with one attached hydrogen (secondary N) is 1. The first-order valence-corrected chi connectivity index (χ1v) is 7.72. The molecule has 1 aliphatic carbocycles. The standard InChI is InChI=1S/C18H15FN4O/c19-15-12-14(6-10-20-15)23-11-7-16(22-23)21-17(24)18(8-9-18)13-4-2-1-3-5-13/h1-7,10-12H,8-9H2,(H,21,22,24). The Balaban J connectivity index is 1.53. The average molecular weight is 322 g/mol. The number of carbonyl (C=O) groups excluding carboxylic acids is 1. The Morgan fingerprint density at radius 3 is 2.67 bits per heavy atom. The van der Waals surface area contributed by atoms with Crippen LogP contribution in [0, 0.1) is 5.95 Å². The van der Waals surface area contributed by atoms with Crippen LogP contribution in [-0.2, 0) is 10.2 Å². The molecule has 0 saturated heterocycles. The predicted molar refractivity (Wildman–Crippen MR) is 87.3 cm³/mol. The fourth-order valence-corrected chi connectivity index (χ4v) is 2.83. The summed E-state index contributed by atoms with van der Waals surface area (Å²) in [4.78, 5) is 16.2. The van der Waals surface area contributed by atoms with E-state index in [1.165, 1.54) is 16.9 Å². The van der Waals surface area contributed by atoms with Gasteiger partial charge >= 0.3 is 0 Å². The zero-order chi connectivity index (χ0) is 16.6. The van der Waals surface area contributed by atoms with Crippen LogP contribution in [0.15, 0.2) is 60.9 Å². The zero-order valence-corrected chi connectivity index (χ0v) is 12.8. The molecule has 0 radical (unpaired) electrons. The van der Waals surface area contributed by atoms with Crippen molar-refractivity contribution in [1.82, 2.24) is 14.8 Å². The first-order valence-electron chi connectivity index (χ1n) is 7.72. The highest BCUT2D eigenvalue weighted by molar-refractivity contribution is 6.00. The van der Waals surface area contributed by atoms with E-state index in [0.29, 0.717) is 11.5 Å². The van der Waals surface area contributed by atoms with Gasteiger partial charge in [-0.05, 0) is 24.5 Å². The van der Waals surface area contributed by atoms with Gasteiger partial charge in [0.1, 0.15) is 0 Å². The topological polar surface area (TPSA) is 59.8 Å². The number of pyridine rings is 1. The Bertz CT molecular complexity index is 887. The van der Waals surface area contributed by atoms with Gasteiger partial charge < -0.3 is 5.32 Å². The summed E-state index contributed by atoms with van der Waals surface area (Å²) in [6.07, 6.45) is 4.71. The van der Waals surface area contributed by atoms with E-state index in [-0.39, 0.29) is 5.91 Å². The first-order chi connectivity index (χ1) is 11.7. The van der Waals surface area contributed by atoms with Crippen LogP contribution in [0.25, 0.3) is 5.69 Å². The lowest BCUT2D eigenvalue weighted by atomic mass is 9.95. The highest BCUT2D eigenvalue weighted by atomic mass is 19.1. The molecule has 1 aliphatic rings. The van der Waals surface area contributed by atoms with Gasteiger partial charge in [-0.15, -0.1) is 0 Å². The van der Waals surface area contributed by atoms with Gasteiger partial charge in [0.15, 0.2) is 5.82 Å². The average Bonchev–Trinajstić information content (AvgIpc) is 3.29. The van der Waals surface area contributed by atoms with E-state index in [4.69, 9.17) is 0 Å². The molecule has 0 aliphatic heterocycles. The van der Waals surface area contributed by atoms with E-state index < -0.39 is 11.4 Å². The first kappa shape index (κ1) is 14.6. The molecule has 24 heavy (non-hydrogen) atoms. The lowest BCUT2D eigenvalue weighted by molar-refractivity contribution is -0.118. The summed E-state index contributed by atoms with van der Waals surface area (Å²) in [7, 11) is 0. The van der Waals surface area contributed by atoms with Crippen molar-refractivity contribution in [2.24, 2.45) is 0 Å². The second-order valence-electron chi connectivity index (χ2n) is 5.88. The van der Waals surface area contributed by atoms with Crippen molar-refractivity contribution in [3.05, 3.63) is 72.4 Å². The number of amides is 1. The molecule has 6 heteroatoms. The highest BCUT2D eigenvalue weighted by Crippen LogP contribution is 2.48. The Labute approximate surface area is 138 Å². The largest absolute Gasteiger partial charge is 0.308 e. The Hall–Kier alpha value is -3.02. The zero-order valence-electron chi connectivity index (χ0n) is 12.8. The van der Waals surface area contributed by atoms with Crippen LogP contribution in [0.2, 0.25) is 0 Å². The molecule has 1 aromatic carbocycles. The number of rotatable bonds is 4. The molecule has 3 aromatic rings. The molecule has 1 amide bonds. The van der Waals surface area contributed by atoms with Crippen molar-refractivity contribution in [3.63, 3.8) is 0 Å². The SMILES string of the molecule is O=C(Nc1ccn(-c2ccnc(F)c2)n1)C1(c2ccccc2)CC1. The van der Waals surface area contributed by atoms with Gasteiger partial charge in [-0.1, -0.05) is 30.3 Å². The number of hydrogen-bond donors (Lipinski definition) is 1. The Morgan fingerprint density at radius 1 is 1.17 bits per heavy atom. The monoisotopic (exact) mass is 322 g/mol. The Kier molecular flexibility index (Phi) is 3.37. The second kappa shape index (κ2) is 5.56. The maximum Gasteiger partial charge on any atom is 0.236 e. The molecule has 0 bridgehead atoms. The third kappa shape index (κ3) is 2.56. The highest BCUT2D eigenvalue weighted by Gasteiger charge is 2.51. The maximum absolute atomic E-state index is 13.2. The van der Waals surface area contributed by atoms with Crippen molar-refractivity contribution in [1.29, 1.82) is 0 Å². The van der Waals surface area contributed by atoms with Crippen molar-refractivity contribution < 1.29 is 9.18 Å². The van der Waals surface area contributed by atoms with E-state index in [9.17, 15) is 9.18 Å². The summed E-state index contributed by atoms with van der Waals surface area (Å²) in [5.74, 6) is -0.186. The van der Waals surface area contributed by atoms with Gasteiger partial charge in [0.25, 0.3) is 0 Å². The van der Waals surface area contributed by atoms with Crippen LogP contribution >= 0.6 is 0 Å². The molecule has 0 unspecified atom stereocenters. The van der Waals surface area contributed by atoms with Gasteiger partial charge in [-0.25, -0.2) is 9.67 Å². The number of anilines is 1. The van der Waals surface area contributed by atoms with E-state index >= 15 is 0 Å². The summed E-state index contributed by atoms with van der Waals surface area (Å²) in [6.45, 7) is 0. The van der Waals surface area contributed by atoms with Gasteiger partial charge in [-0.2, -0.15) is 9.49 Å². The van der Waals surface area contributed by atoms with Gasteiger partial charge in [-0.3, -0.25) is 4.79 Å². The van der Waals surface area contributed by atoms with Crippen LogP contribution in [-0.4, -0.2) is 20.7 Å². The fourth-order valence-electron chi connectivity index (χ4n) is 2.83.